The smallest absolute Gasteiger partial charge is 0.246 e. The highest BCUT2D eigenvalue weighted by Crippen LogP contribution is 2.25. The predicted octanol–water partition coefficient (Wildman–Crippen LogP) is 0.990. The van der Waals surface area contributed by atoms with E-state index in [-0.39, 0.29) is 18.1 Å². The Morgan fingerprint density at radius 3 is 2.84 bits per heavy atom. The first kappa shape index (κ1) is 14.2. The summed E-state index contributed by atoms with van der Waals surface area (Å²) >= 11 is 5.58. The molecule has 0 spiro atoms. The van der Waals surface area contributed by atoms with E-state index in [2.05, 4.69) is 5.32 Å². The second kappa shape index (κ2) is 5.44. The summed E-state index contributed by atoms with van der Waals surface area (Å²) < 4.78 is 39.4. The number of carbonyl (C=O) groups excluding carboxylic acids is 1. The molecule has 1 aromatic carbocycles. The van der Waals surface area contributed by atoms with E-state index in [4.69, 9.17) is 11.6 Å². The zero-order valence-corrected chi connectivity index (χ0v) is 11.5. The fraction of sp³-hybridized carbons (Fsp3) is 0.364. The molecule has 2 rings (SSSR count). The van der Waals surface area contributed by atoms with Crippen LogP contribution in [0.15, 0.2) is 23.1 Å². The zero-order valence-electron chi connectivity index (χ0n) is 9.90. The second-order valence-electron chi connectivity index (χ2n) is 4.09. The van der Waals surface area contributed by atoms with Gasteiger partial charge in [-0.05, 0) is 18.6 Å². The molecule has 0 aromatic heterocycles. The number of amides is 1. The number of benzene rings is 1. The molecule has 0 atom stereocenters. The first-order chi connectivity index (χ1) is 8.93. The molecule has 5 nitrogen and oxygen atoms in total. The van der Waals surface area contributed by atoms with E-state index in [1.54, 1.807) is 0 Å². The molecule has 1 saturated heterocycles. The van der Waals surface area contributed by atoms with Gasteiger partial charge in [0, 0.05) is 13.1 Å². The Morgan fingerprint density at radius 1 is 1.37 bits per heavy atom. The minimum absolute atomic E-state index is 0.160. The molecule has 1 fully saturated rings. The number of rotatable bonds is 2. The molecule has 0 unspecified atom stereocenters. The highest BCUT2D eigenvalue weighted by Gasteiger charge is 2.30. The summed E-state index contributed by atoms with van der Waals surface area (Å²) in [6.45, 7) is 0.254. The van der Waals surface area contributed by atoms with Crippen molar-refractivity contribution in [3.05, 3.63) is 29.0 Å². The molecule has 1 aliphatic rings. The van der Waals surface area contributed by atoms with Crippen LogP contribution < -0.4 is 5.32 Å². The Labute approximate surface area is 115 Å². The molecule has 8 heteroatoms. The lowest BCUT2D eigenvalue weighted by atomic mass is 10.3. The van der Waals surface area contributed by atoms with Gasteiger partial charge >= 0.3 is 0 Å². The van der Waals surface area contributed by atoms with Gasteiger partial charge in [-0.15, -0.1) is 0 Å². The van der Waals surface area contributed by atoms with Gasteiger partial charge in [-0.3, -0.25) is 4.79 Å². The largest absolute Gasteiger partial charge is 0.355 e. The topological polar surface area (TPSA) is 66.5 Å². The highest BCUT2D eigenvalue weighted by atomic mass is 35.5. The van der Waals surface area contributed by atoms with Crippen molar-refractivity contribution in [2.45, 2.75) is 11.3 Å². The van der Waals surface area contributed by atoms with Crippen LogP contribution in [0.2, 0.25) is 5.02 Å². The van der Waals surface area contributed by atoms with Gasteiger partial charge in [0.25, 0.3) is 0 Å². The van der Waals surface area contributed by atoms with Crippen LogP contribution in [0.5, 0.6) is 0 Å². The zero-order chi connectivity index (χ0) is 14.0. The lowest BCUT2D eigenvalue weighted by molar-refractivity contribution is -0.120. The number of hydrogen-bond donors (Lipinski definition) is 1. The van der Waals surface area contributed by atoms with Crippen molar-refractivity contribution in [1.29, 1.82) is 0 Å². The molecule has 1 aliphatic heterocycles. The van der Waals surface area contributed by atoms with Crippen LogP contribution in [-0.2, 0) is 14.8 Å². The van der Waals surface area contributed by atoms with Crippen molar-refractivity contribution >= 4 is 27.5 Å². The van der Waals surface area contributed by atoms with Crippen molar-refractivity contribution in [2.24, 2.45) is 0 Å². The maximum absolute atomic E-state index is 13.8. The van der Waals surface area contributed by atoms with Crippen molar-refractivity contribution in [2.75, 3.05) is 19.6 Å². The van der Waals surface area contributed by atoms with Gasteiger partial charge < -0.3 is 5.32 Å². The monoisotopic (exact) mass is 306 g/mol. The van der Waals surface area contributed by atoms with Gasteiger partial charge in [-0.1, -0.05) is 17.7 Å². The van der Waals surface area contributed by atoms with Crippen molar-refractivity contribution in [3.63, 3.8) is 0 Å². The van der Waals surface area contributed by atoms with Gasteiger partial charge in [0.15, 0.2) is 5.82 Å². The van der Waals surface area contributed by atoms with Crippen LogP contribution in [0.3, 0.4) is 0 Å². The van der Waals surface area contributed by atoms with E-state index in [0.717, 1.165) is 10.4 Å². The van der Waals surface area contributed by atoms with E-state index in [1.165, 1.54) is 12.1 Å². The molecule has 19 heavy (non-hydrogen) atoms. The van der Waals surface area contributed by atoms with Crippen molar-refractivity contribution in [1.82, 2.24) is 9.62 Å². The molecule has 1 aromatic rings. The van der Waals surface area contributed by atoms with E-state index in [0.29, 0.717) is 13.0 Å². The maximum atomic E-state index is 13.8. The minimum atomic E-state index is -4.06. The quantitative estimate of drug-likeness (QED) is 0.886. The predicted molar refractivity (Wildman–Crippen MR) is 67.8 cm³/mol. The van der Waals surface area contributed by atoms with Gasteiger partial charge in [0.1, 0.15) is 4.90 Å². The van der Waals surface area contributed by atoms with Gasteiger partial charge in [0.2, 0.25) is 15.9 Å². The SMILES string of the molecule is O=C1CN(S(=O)(=O)c2cccc(Cl)c2F)CCCN1. The van der Waals surface area contributed by atoms with Crippen LogP contribution >= 0.6 is 11.6 Å². The molecular formula is C11H12ClFN2O3S. The number of sulfonamides is 1. The molecule has 1 N–H and O–H groups in total. The molecule has 104 valence electrons. The second-order valence-corrected chi connectivity index (χ2v) is 6.41. The van der Waals surface area contributed by atoms with Crippen LogP contribution in [-0.4, -0.2) is 38.3 Å². The van der Waals surface area contributed by atoms with Gasteiger partial charge in [-0.25, -0.2) is 12.8 Å². The molecule has 1 amide bonds. The number of hydrogen-bond acceptors (Lipinski definition) is 3. The molecule has 0 radical (unpaired) electrons. The molecule has 1 heterocycles. The normalized spacial score (nSPS) is 17.9. The Kier molecular flexibility index (Phi) is 4.07. The summed E-state index contributed by atoms with van der Waals surface area (Å²) in [5.41, 5.74) is 0. The lowest BCUT2D eigenvalue weighted by Crippen LogP contribution is -2.37. The average molecular weight is 307 g/mol. The molecule has 0 bridgehead atoms. The molecule has 0 saturated carbocycles. The van der Waals surface area contributed by atoms with Crippen molar-refractivity contribution < 1.29 is 17.6 Å². The van der Waals surface area contributed by atoms with Crippen LogP contribution in [0.25, 0.3) is 0 Å². The Balaban J connectivity index is 2.41. The van der Waals surface area contributed by atoms with Crippen LogP contribution in [0, 0.1) is 5.82 Å². The van der Waals surface area contributed by atoms with E-state index < -0.39 is 26.6 Å². The number of carbonyl (C=O) groups is 1. The standard InChI is InChI=1S/C11H12ClFN2O3S/c12-8-3-1-4-9(11(8)13)19(17,18)15-6-2-5-14-10(16)7-15/h1,3-4H,2,5-7H2,(H,14,16). The third kappa shape index (κ3) is 2.88. The summed E-state index contributed by atoms with van der Waals surface area (Å²) in [6.07, 6.45) is 0.479. The first-order valence-corrected chi connectivity index (χ1v) is 7.45. The van der Waals surface area contributed by atoms with Crippen LogP contribution in [0.1, 0.15) is 6.42 Å². The minimum Gasteiger partial charge on any atom is -0.355 e. The highest BCUT2D eigenvalue weighted by molar-refractivity contribution is 7.89. The summed E-state index contributed by atoms with van der Waals surface area (Å²) in [4.78, 5) is 10.9. The van der Waals surface area contributed by atoms with Crippen molar-refractivity contribution in [3.8, 4) is 0 Å². The fourth-order valence-electron chi connectivity index (χ4n) is 1.81. The summed E-state index contributed by atoms with van der Waals surface area (Å²) in [5.74, 6) is -1.39. The van der Waals surface area contributed by atoms with Crippen LogP contribution in [0.4, 0.5) is 4.39 Å². The Bertz CT molecular complexity index is 606. The fourth-order valence-corrected chi connectivity index (χ4v) is 3.56. The van der Waals surface area contributed by atoms with Gasteiger partial charge in [-0.2, -0.15) is 4.31 Å². The molecule has 0 aliphatic carbocycles. The van der Waals surface area contributed by atoms with E-state index in [9.17, 15) is 17.6 Å². The van der Waals surface area contributed by atoms with E-state index >= 15 is 0 Å². The van der Waals surface area contributed by atoms with E-state index in [1.807, 2.05) is 0 Å². The Hall–Kier alpha value is -1.18. The Morgan fingerprint density at radius 2 is 2.11 bits per heavy atom. The number of nitrogens with one attached hydrogen (secondary N) is 1. The molecular weight excluding hydrogens is 295 g/mol. The summed E-state index contributed by atoms with van der Waals surface area (Å²) in [5, 5.41) is 2.30. The first-order valence-electron chi connectivity index (χ1n) is 5.64. The average Bonchev–Trinajstić information content (AvgIpc) is 2.57. The van der Waals surface area contributed by atoms with Gasteiger partial charge in [0.05, 0.1) is 11.6 Å². The maximum Gasteiger partial charge on any atom is 0.246 e. The third-order valence-corrected chi connectivity index (χ3v) is 4.91. The number of halogens is 2. The summed E-state index contributed by atoms with van der Waals surface area (Å²) in [7, 11) is -4.06. The lowest BCUT2D eigenvalue weighted by Gasteiger charge is -2.19. The summed E-state index contributed by atoms with van der Waals surface area (Å²) in [6, 6.07) is 3.76. The third-order valence-electron chi connectivity index (χ3n) is 2.76. The number of nitrogens with zero attached hydrogens (tertiary/aromatic N) is 1.